The Labute approximate surface area is 140 Å². The van der Waals surface area contributed by atoms with Gasteiger partial charge in [0.05, 0.1) is 25.4 Å². The van der Waals surface area contributed by atoms with Crippen LogP contribution in [0.5, 0.6) is 0 Å². The predicted molar refractivity (Wildman–Crippen MR) is 86.6 cm³/mol. The number of carbonyl (C=O) groups excluding carboxylic acids is 2. The van der Waals surface area contributed by atoms with Crippen molar-refractivity contribution in [3.63, 3.8) is 0 Å². The van der Waals surface area contributed by atoms with Gasteiger partial charge in [-0.3, -0.25) is 14.5 Å². The Balaban J connectivity index is 1.68. The van der Waals surface area contributed by atoms with Crippen molar-refractivity contribution in [2.45, 2.75) is 19.1 Å². The smallest absolute Gasteiger partial charge is 0.254 e. The first kappa shape index (κ1) is 16.8. The average Bonchev–Trinajstić information content (AvgIpc) is 2.96. The third-order valence-corrected chi connectivity index (χ3v) is 4.37. The van der Waals surface area contributed by atoms with E-state index >= 15 is 0 Å². The van der Waals surface area contributed by atoms with E-state index in [4.69, 9.17) is 4.74 Å². The lowest BCUT2D eigenvalue weighted by Crippen LogP contribution is -2.49. The summed E-state index contributed by atoms with van der Waals surface area (Å²) in [5.74, 6) is -0.0623. The number of anilines is 1. The van der Waals surface area contributed by atoms with Gasteiger partial charge >= 0.3 is 0 Å². The molecule has 2 atom stereocenters. The number of aliphatic hydroxyl groups excluding tert-OH is 1. The second kappa shape index (κ2) is 7.25. The van der Waals surface area contributed by atoms with Crippen molar-refractivity contribution in [2.24, 2.45) is 0 Å². The molecule has 130 valence electrons. The molecule has 3 rings (SSSR count). The molecule has 2 fully saturated rings. The van der Waals surface area contributed by atoms with E-state index < -0.39 is 6.10 Å². The predicted octanol–water partition coefficient (Wildman–Crippen LogP) is -0.442. The summed E-state index contributed by atoms with van der Waals surface area (Å²) in [5.41, 5.74) is 0.448. The maximum absolute atomic E-state index is 12.7. The largest absolute Gasteiger partial charge is 0.390 e. The molecule has 2 amide bonds. The van der Waals surface area contributed by atoms with Crippen molar-refractivity contribution >= 4 is 17.6 Å². The maximum Gasteiger partial charge on any atom is 0.254 e. The topological polar surface area (TPSA) is 95.0 Å². The number of hydrogen-bond acceptors (Lipinski definition) is 6. The summed E-state index contributed by atoms with van der Waals surface area (Å²) in [7, 11) is 0. The molecule has 0 spiro atoms. The minimum atomic E-state index is -0.566. The molecule has 8 nitrogen and oxygen atoms in total. The highest BCUT2D eigenvalue weighted by atomic mass is 16.5. The van der Waals surface area contributed by atoms with Gasteiger partial charge in [-0.2, -0.15) is 0 Å². The SMILES string of the molecule is CC(=O)Nc1cc(C(=O)N2C[C@@H](O)[C@H](N3CCOCC3)C2)ccn1. The summed E-state index contributed by atoms with van der Waals surface area (Å²) < 4.78 is 5.34. The molecule has 2 aliphatic rings. The number of β-amino-alcohol motifs (C(OH)–C–C–N with tert-alkyl or cyclic N) is 1. The van der Waals surface area contributed by atoms with Crippen LogP contribution in [0, 0.1) is 0 Å². The zero-order chi connectivity index (χ0) is 17.1. The zero-order valence-electron chi connectivity index (χ0n) is 13.6. The van der Waals surface area contributed by atoms with Crippen molar-refractivity contribution in [2.75, 3.05) is 44.7 Å². The molecular weight excluding hydrogens is 312 g/mol. The van der Waals surface area contributed by atoms with Gasteiger partial charge in [-0.25, -0.2) is 4.98 Å². The number of rotatable bonds is 3. The van der Waals surface area contributed by atoms with Crippen LogP contribution in [-0.2, 0) is 9.53 Å². The molecule has 1 aromatic heterocycles. The Bertz CT molecular complexity index is 618. The fourth-order valence-corrected chi connectivity index (χ4v) is 3.20. The number of nitrogens with one attached hydrogen (secondary N) is 1. The van der Waals surface area contributed by atoms with E-state index in [9.17, 15) is 14.7 Å². The van der Waals surface area contributed by atoms with Crippen LogP contribution in [0.2, 0.25) is 0 Å². The van der Waals surface area contributed by atoms with Crippen LogP contribution in [0.3, 0.4) is 0 Å². The molecule has 1 aromatic rings. The van der Waals surface area contributed by atoms with Crippen LogP contribution in [0.1, 0.15) is 17.3 Å². The van der Waals surface area contributed by atoms with Crippen molar-refractivity contribution in [1.29, 1.82) is 0 Å². The minimum absolute atomic E-state index is 0.0606. The lowest BCUT2D eigenvalue weighted by molar-refractivity contribution is -0.114. The summed E-state index contributed by atoms with van der Waals surface area (Å²) in [6.07, 6.45) is 0.925. The van der Waals surface area contributed by atoms with Crippen molar-refractivity contribution in [1.82, 2.24) is 14.8 Å². The van der Waals surface area contributed by atoms with Crippen molar-refractivity contribution in [3.8, 4) is 0 Å². The van der Waals surface area contributed by atoms with E-state index in [2.05, 4.69) is 15.2 Å². The second-order valence-corrected chi connectivity index (χ2v) is 6.10. The van der Waals surface area contributed by atoms with E-state index in [0.717, 1.165) is 13.1 Å². The van der Waals surface area contributed by atoms with Gasteiger partial charge in [0, 0.05) is 44.9 Å². The quantitative estimate of drug-likeness (QED) is 0.778. The molecule has 24 heavy (non-hydrogen) atoms. The number of amides is 2. The Hall–Kier alpha value is -2.03. The first-order chi connectivity index (χ1) is 11.5. The number of hydrogen-bond donors (Lipinski definition) is 2. The van der Waals surface area contributed by atoms with Crippen molar-refractivity contribution in [3.05, 3.63) is 23.9 Å². The highest BCUT2D eigenvalue weighted by molar-refractivity contribution is 5.96. The molecule has 2 N–H and O–H groups in total. The van der Waals surface area contributed by atoms with Crippen LogP contribution in [0.25, 0.3) is 0 Å². The summed E-state index contributed by atoms with van der Waals surface area (Å²) in [4.78, 5) is 31.7. The number of likely N-dealkylation sites (tertiary alicyclic amines) is 1. The van der Waals surface area contributed by atoms with Gasteiger partial charge in [0.2, 0.25) is 5.91 Å². The van der Waals surface area contributed by atoms with E-state index in [1.54, 1.807) is 17.0 Å². The standard InChI is InChI=1S/C16H22N4O4/c1-11(21)18-15-8-12(2-3-17-15)16(23)20-9-13(14(22)10-20)19-4-6-24-7-5-19/h2-3,8,13-14,22H,4-7,9-10H2,1H3,(H,17,18,21)/t13-,14-/m1/s1. The van der Waals surface area contributed by atoms with Gasteiger partial charge < -0.3 is 20.1 Å². The van der Waals surface area contributed by atoms with Gasteiger partial charge in [-0.05, 0) is 12.1 Å². The lowest BCUT2D eigenvalue weighted by Gasteiger charge is -2.33. The highest BCUT2D eigenvalue weighted by Gasteiger charge is 2.38. The summed E-state index contributed by atoms with van der Waals surface area (Å²) in [6.45, 7) is 5.02. The summed E-state index contributed by atoms with van der Waals surface area (Å²) >= 11 is 0. The monoisotopic (exact) mass is 334 g/mol. The van der Waals surface area contributed by atoms with Crippen LogP contribution >= 0.6 is 0 Å². The first-order valence-electron chi connectivity index (χ1n) is 8.07. The lowest BCUT2D eigenvalue weighted by atomic mass is 10.1. The number of pyridine rings is 1. The van der Waals surface area contributed by atoms with Crippen LogP contribution in [0.15, 0.2) is 18.3 Å². The normalized spacial score (nSPS) is 24.8. The molecule has 3 heterocycles. The Morgan fingerprint density at radius 3 is 2.79 bits per heavy atom. The van der Waals surface area contributed by atoms with Gasteiger partial charge in [-0.1, -0.05) is 0 Å². The molecule has 8 heteroatoms. The maximum atomic E-state index is 12.7. The molecule has 0 aliphatic carbocycles. The Morgan fingerprint density at radius 2 is 2.08 bits per heavy atom. The Kier molecular flexibility index (Phi) is 5.08. The number of aliphatic hydroxyl groups is 1. The van der Waals surface area contributed by atoms with E-state index in [0.29, 0.717) is 37.7 Å². The molecule has 0 saturated carbocycles. The highest BCUT2D eigenvalue weighted by Crippen LogP contribution is 2.20. The molecular formula is C16H22N4O4. The van der Waals surface area contributed by atoms with Gasteiger partial charge in [0.25, 0.3) is 5.91 Å². The summed E-state index contributed by atoms with van der Waals surface area (Å²) in [6, 6.07) is 3.11. The average molecular weight is 334 g/mol. The molecule has 0 bridgehead atoms. The van der Waals surface area contributed by atoms with Crippen molar-refractivity contribution < 1.29 is 19.4 Å². The minimum Gasteiger partial charge on any atom is -0.390 e. The molecule has 0 aromatic carbocycles. The van der Waals surface area contributed by atoms with Gasteiger partial charge in [0.1, 0.15) is 5.82 Å². The third kappa shape index (κ3) is 3.72. The molecule has 0 unspecified atom stereocenters. The van der Waals surface area contributed by atoms with Crippen LogP contribution in [0.4, 0.5) is 5.82 Å². The number of carbonyl (C=O) groups is 2. The number of aromatic nitrogens is 1. The number of morpholine rings is 1. The van der Waals surface area contributed by atoms with Gasteiger partial charge in [-0.15, -0.1) is 0 Å². The third-order valence-electron chi connectivity index (χ3n) is 4.37. The fourth-order valence-electron chi connectivity index (χ4n) is 3.20. The fraction of sp³-hybridized carbons (Fsp3) is 0.562. The first-order valence-corrected chi connectivity index (χ1v) is 8.07. The molecule has 2 saturated heterocycles. The number of nitrogens with zero attached hydrogens (tertiary/aromatic N) is 3. The van der Waals surface area contributed by atoms with Crippen LogP contribution in [-0.4, -0.2) is 83.2 Å². The zero-order valence-corrected chi connectivity index (χ0v) is 13.6. The molecule has 0 radical (unpaired) electrons. The van der Waals surface area contributed by atoms with E-state index in [-0.39, 0.29) is 17.9 Å². The van der Waals surface area contributed by atoms with Gasteiger partial charge in [0.15, 0.2) is 0 Å². The Morgan fingerprint density at radius 1 is 1.33 bits per heavy atom. The summed E-state index contributed by atoms with van der Waals surface area (Å²) in [5, 5.41) is 12.9. The van der Waals surface area contributed by atoms with E-state index in [1.807, 2.05) is 0 Å². The van der Waals surface area contributed by atoms with E-state index in [1.165, 1.54) is 13.1 Å². The number of ether oxygens (including phenoxy) is 1. The van der Waals surface area contributed by atoms with Crippen LogP contribution < -0.4 is 5.32 Å². The second-order valence-electron chi connectivity index (χ2n) is 6.10. The molecule has 2 aliphatic heterocycles.